The minimum atomic E-state index is -0.848. The SMILES string of the molecule is C[C@@H]1CCCC[C@@]12NC(=O)N(CC(=O)N1CCN(c3ccccc3F)CC1)C2=O. The van der Waals surface area contributed by atoms with Crippen molar-refractivity contribution in [1.82, 2.24) is 15.1 Å². The number of urea groups is 1. The Morgan fingerprint density at radius 3 is 2.59 bits per heavy atom. The van der Waals surface area contributed by atoms with Gasteiger partial charge in [0, 0.05) is 26.2 Å². The molecule has 2 atom stereocenters. The Hall–Kier alpha value is -2.64. The zero-order valence-electron chi connectivity index (χ0n) is 16.7. The number of hydrogen-bond donors (Lipinski definition) is 1. The van der Waals surface area contributed by atoms with Crippen LogP contribution in [0.5, 0.6) is 0 Å². The maximum absolute atomic E-state index is 14.0. The second-order valence-corrected chi connectivity index (χ2v) is 8.26. The average molecular weight is 402 g/mol. The summed E-state index contributed by atoms with van der Waals surface area (Å²) in [5.74, 6) is -0.731. The molecule has 2 saturated heterocycles. The molecule has 3 aliphatic rings. The molecule has 7 nitrogen and oxygen atoms in total. The number of carbonyl (C=O) groups is 3. The molecule has 1 spiro atoms. The van der Waals surface area contributed by atoms with Gasteiger partial charge >= 0.3 is 6.03 Å². The molecule has 0 unspecified atom stereocenters. The Labute approximate surface area is 169 Å². The summed E-state index contributed by atoms with van der Waals surface area (Å²) < 4.78 is 14.0. The molecule has 1 saturated carbocycles. The predicted octanol–water partition coefficient (Wildman–Crippen LogP) is 1.97. The topological polar surface area (TPSA) is 73.0 Å². The summed E-state index contributed by atoms with van der Waals surface area (Å²) in [6, 6.07) is 6.12. The highest BCUT2D eigenvalue weighted by atomic mass is 19.1. The summed E-state index contributed by atoms with van der Waals surface area (Å²) in [7, 11) is 0. The summed E-state index contributed by atoms with van der Waals surface area (Å²) in [4.78, 5) is 42.9. The third-order valence-corrected chi connectivity index (χ3v) is 6.62. The number of benzene rings is 1. The lowest BCUT2D eigenvalue weighted by Gasteiger charge is -2.37. The van der Waals surface area contributed by atoms with Gasteiger partial charge in [-0.15, -0.1) is 0 Å². The smallest absolute Gasteiger partial charge is 0.325 e. The third kappa shape index (κ3) is 3.45. The second kappa shape index (κ2) is 7.65. The van der Waals surface area contributed by atoms with Crippen molar-refractivity contribution in [2.24, 2.45) is 5.92 Å². The Morgan fingerprint density at radius 2 is 1.90 bits per heavy atom. The van der Waals surface area contributed by atoms with Crippen molar-refractivity contribution in [2.45, 2.75) is 38.1 Å². The molecular weight excluding hydrogens is 375 g/mol. The lowest BCUT2D eigenvalue weighted by molar-refractivity contribution is -0.140. The molecule has 0 radical (unpaired) electrons. The number of hydrogen-bond acceptors (Lipinski definition) is 4. The Bertz CT molecular complexity index is 824. The van der Waals surface area contributed by atoms with Gasteiger partial charge in [0.2, 0.25) is 5.91 Å². The van der Waals surface area contributed by atoms with Crippen molar-refractivity contribution in [3.63, 3.8) is 0 Å². The van der Waals surface area contributed by atoms with Crippen molar-refractivity contribution >= 4 is 23.5 Å². The normalized spacial score (nSPS) is 27.5. The first-order chi connectivity index (χ1) is 13.9. The number of nitrogens with one attached hydrogen (secondary N) is 1. The number of amides is 4. The van der Waals surface area contributed by atoms with Crippen molar-refractivity contribution < 1.29 is 18.8 Å². The summed E-state index contributed by atoms with van der Waals surface area (Å²) in [5.41, 5.74) is -0.319. The zero-order valence-corrected chi connectivity index (χ0v) is 16.7. The van der Waals surface area contributed by atoms with E-state index in [0.717, 1.165) is 24.2 Å². The van der Waals surface area contributed by atoms with E-state index in [2.05, 4.69) is 5.32 Å². The van der Waals surface area contributed by atoms with Crippen LogP contribution in [0.1, 0.15) is 32.6 Å². The van der Waals surface area contributed by atoms with Crippen molar-refractivity contribution in [2.75, 3.05) is 37.6 Å². The van der Waals surface area contributed by atoms with Crippen molar-refractivity contribution in [3.05, 3.63) is 30.1 Å². The first-order valence-corrected chi connectivity index (χ1v) is 10.3. The summed E-state index contributed by atoms with van der Waals surface area (Å²) in [6.07, 6.45) is 3.48. The van der Waals surface area contributed by atoms with Crippen LogP contribution < -0.4 is 10.2 Å². The molecule has 2 aliphatic heterocycles. The third-order valence-electron chi connectivity index (χ3n) is 6.62. The van der Waals surface area contributed by atoms with Gasteiger partial charge in [-0.3, -0.25) is 14.5 Å². The van der Waals surface area contributed by atoms with Crippen LogP contribution in [0.4, 0.5) is 14.9 Å². The molecule has 4 rings (SSSR count). The van der Waals surface area contributed by atoms with Gasteiger partial charge in [0.15, 0.2) is 0 Å². The fraction of sp³-hybridized carbons (Fsp3) is 0.571. The van der Waals surface area contributed by atoms with E-state index in [1.54, 1.807) is 23.1 Å². The van der Waals surface area contributed by atoms with Crippen LogP contribution in [0.3, 0.4) is 0 Å². The fourth-order valence-electron chi connectivity index (χ4n) is 4.78. The van der Waals surface area contributed by atoms with E-state index in [9.17, 15) is 18.8 Å². The number of rotatable bonds is 3. The average Bonchev–Trinajstić information content (AvgIpc) is 2.96. The fourth-order valence-corrected chi connectivity index (χ4v) is 4.78. The number of anilines is 1. The molecule has 1 aliphatic carbocycles. The summed E-state index contributed by atoms with van der Waals surface area (Å²) >= 11 is 0. The van der Waals surface area contributed by atoms with Crippen LogP contribution in [0, 0.1) is 11.7 Å². The van der Waals surface area contributed by atoms with E-state index in [4.69, 9.17) is 0 Å². The highest BCUT2D eigenvalue weighted by Crippen LogP contribution is 2.38. The molecule has 1 aromatic rings. The van der Waals surface area contributed by atoms with Gasteiger partial charge in [0.25, 0.3) is 5.91 Å². The Kier molecular flexibility index (Phi) is 5.19. The van der Waals surface area contributed by atoms with E-state index in [-0.39, 0.29) is 30.1 Å². The van der Waals surface area contributed by atoms with Crippen LogP contribution in [-0.2, 0) is 9.59 Å². The number of imide groups is 1. The van der Waals surface area contributed by atoms with Gasteiger partial charge in [0.05, 0.1) is 5.69 Å². The van der Waals surface area contributed by atoms with Crippen LogP contribution in [0.2, 0.25) is 0 Å². The van der Waals surface area contributed by atoms with Gasteiger partial charge in [-0.2, -0.15) is 0 Å². The largest absolute Gasteiger partial charge is 0.366 e. The lowest BCUT2D eigenvalue weighted by atomic mass is 9.73. The zero-order chi connectivity index (χ0) is 20.6. The van der Waals surface area contributed by atoms with Gasteiger partial charge in [-0.25, -0.2) is 9.18 Å². The molecule has 8 heteroatoms. The van der Waals surface area contributed by atoms with Gasteiger partial charge < -0.3 is 15.1 Å². The first kappa shape index (κ1) is 19.7. The highest BCUT2D eigenvalue weighted by Gasteiger charge is 2.55. The predicted molar refractivity (Wildman–Crippen MR) is 106 cm³/mol. The molecule has 3 fully saturated rings. The Morgan fingerprint density at radius 1 is 1.17 bits per heavy atom. The van der Waals surface area contributed by atoms with Crippen molar-refractivity contribution in [1.29, 1.82) is 0 Å². The number of piperazine rings is 1. The van der Waals surface area contributed by atoms with Crippen LogP contribution in [0.25, 0.3) is 0 Å². The van der Waals surface area contributed by atoms with E-state index in [0.29, 0.717) is 38.3 Å². The molecule has 1 N–H and O–H groups in total. The number of halogens is 1. The molecule has 0 aromatic heterocycles. The van der Waals surface area contributed by atoms with E-state index in [1.807, 2.05) is 11.8 Å². The molecule has 156 valence electrons. The van der Waals surface area contributed by atoms with Gasteiger partial charge in [-0.1, -0.05) is 31.9 Å². The first-order valence-electron chi connectivity index (χ1n) is 10.3. The van der Waals surface area contributed by atoms with Crippen LogP contribution in [-0.4, -0.2) is 65.9 Å². The van der Waals surface area contributed by atoms with E-state index < -0.39 is 11.6 Å². The minimum Gasteiger partial charge on any atom is -0.366 e. The molecule has 4 amide bonds. The molecule has 29 heavy (non-hydrogen) atoms. The maximum atomic E-state index is 14.0. The molecule has 1 aromatic carbocycles. The quantitative estimate of drug-likeness (QED) is 0.785. The molecular formula is C21H27FN4O3. The number of para-hydroxylation sites is 1. The lowest BCUT2D eigenvalue weighted by Crippen LogP contribution is -2.55. The Balaban J connectivity index is 1.37. The number of nitrogens with zero attached hydrogens (tertiary/aromatic N) is 3. The monoisotopic (exact) mass is 402 g/mol. The molecule has 2 heterocycles. The maximum Gasteiger partial charge on any atom is 0.325 e. The summed E-state index contributed by atoms with van der Waals surface area (Å²) in [5, 5.41) is 2.88. The van der Waals surface area contributed by atoms with E-state index in [1.165, 1.54) is 6.07 Å². The van der Waals surface area contributed by atoms with Gasteiger partial charge in [-0.05, 0) is 30.9 Å². The second-order valence-electron chi connectivity index (χ2n) is 8.26. The van der Waals surface area contributed by atoms with Crippen LogP contribution >= 0.6 is 0 Å². The standard InChI is InChI=1S/C21H27FN4O3/c1-15-6-4-5-9-21(15)19(28)26(20(29)23-21)14-18(27)25-12-10-24(11-13-25)17-8-3-2-7-16(17)22/h2-3,7-8,15H,4-6,9-14H2,1H3,(H,23,29)/t15-,21-/m1/s1. The molecule has 0 bridgehead atoms. The van der Waals surface area contributed by atoms with E-state index >= 15 is 0 Å². The van der Waals surface area contributed by atoms with Crippen LogP contribution in [0.15, 0.2) is 24.3 Å². The van der Waals surface area contributed by atoms with Gasteiger partial charge in [0.1, 0.15) is 17.9 Å². The number of carbonyl (C=O) groups excluding carboxylic acids is 3. The minimum absolute atomic E-state index is 0.0668. The van der Waals surface area contributed by atoms with Crippen molar-refractivity contribution in [3.8, 4) is 0 Å². The highest BCUT2D eigenvalue weighted by molar-refractivity contribution is 6.09. The summed E-state index contributed by atoms with van der Waals surface area (Å²) in [6.45, 7) is 3.63.